The molecule has 3 amide bonds. The molecule has 0 aliphatic rings. The number of benzene rings is 1. The highest BCUT2D eigenvalue weighted by atomic mass is 16.5. The molecule has 0 saturated carbocycles. The summed E-state index contributed by atoms with van der Waals surface area (Å²) >= 11 is 0. The molecule has 19 nitrogen and oxygen atoms in total. The molecule has 19 heteroatoms. The first-order chi connectivity index (χ1) is 38.5. The van der Waals surface area contributed by atoms with Gasteiger partial charge in [-0.1, -0.05) is 63.4 Å². The summed E-state index contributed by atoms with van der Waals surface area (Å²) in [6.07, 6.45) is 17.0. The number of hydrogen-bond acceptors (Lipinski definition) is 16. The van der Waals surface area contributed by atoms with Crippen molar-refractivity contribution in [1.82, 2.24) is 51.0 Å². The fraction of sp³-hybridized carbons (Fsp3) is 0.450. The fourth-order valence-corrected chi connectivity index (χ4v) is 8.42. The molecule has 3 atom stereocenters. The number of nitrogens with one attached hydrogen (secondary N) is 4. The molecule has 0 unspecified atom stereocenters. The molecule has 0 aliphatic carbocycles. The molecule has 0 fully saturated rings. The van der Waals surface area contributed by atoms with Crippen LogP contribution >= 0.6 is 0 Å². The first-order valence-electron chi connectivity index (χ1n) is 27.5. The second-order valence-electron chi connectivity index (χ2n) is 19.2. The van der Waals surface area contributed by atoms with Gasteiger partial charge in [-0.05, 0) is 123 Å². The Labute approximate surface area is 465 Å². The van der Waals surface area contributed by atoms with E-state index in [9.17, 15) is 24.0 Å². The summed E-state index contributed by atoms with van der Waals surface area (Å²) in [5, 5.41) is 10.7. The molecular weight excluding hydrogens is 1000 g/mol. The summed E-state index contributed by atoms with van der Waals surface area (Å²) in [7, 11) is 0. The number of nitrogens with zero attached hydrogens (tertiary/aromatic N) is 6. The molecule has 0 aliphatic heterocycles. The molecule has 0 spiro atoms. The topological polar surface area (TPSA) is 245 Å². The van der Waals surface area contributed by atoms with Crippen LogP contribution in [0, 0.1) is 12.5 Å². The van der Waals surface area contributed by atoms with Crippen molar-refractivity contribution >= 4 is 29.7 Å². The summed E-state index contributed by atoms with van der Waals surface area (Å²) < 4.78 is 17.2. The maximum atomic E-state index is 14.0. The Morgan fingerprint density at radius 2 is 1.01 bits per heavy atom. The van der Waals surface area contributed by atoms with Gasteiger partial charge in [-0.2, -0.15) is 0 Å². The summed E-state index contributed by atoms with van der Waals surface area (Å²) in [6, 6.07) is 28.5. The number of amides is 3. The summed E-state index contributed by atoms with van der Waals surface area (Å²) in [5.41, 5.74) is 11.5. The number of carbonyl (C=O) groups is 5. The first kappa shape index (κ1) is 62.1. The number of esters is 2. The predicted molar refractivity (Wildman–Crippen MR) is 301 cm³/mol. The maximum Gasteiger partial charge on any atom is 0.308 e. The second kappa shape index (κ2) is 36.3. The van der Waals surface area contributed by atoms with Crippen LogP contribution in [0.15, 0.2) is 116 Å². The number of carbonyl (C=O) groups excluding carboxylic acids is 5. The lowest BCUT2D eigenvalue weighted by Gasteiger charge is -2.25. The van der Waals surface area contributed by atoms with Gasteiger partial charge in [0, 0.05) is 76.6 Å². The average Bonchev–Trinajstić information content (AvgIpc) is 3.45. The van der Waals surface area contributed by atoms with E-state index in [-0.39, 0.29) is 19.8 Å². The lowest BCUT2D eigenvalue weighted by molar-refractivity contribution is -0.148. The van der Waals surface area contributed by atoms with Gasteiger partial charge >= 0.3 is 11.9 Å². The predicted octanol–water partition coefficient (Wildman–Crippen LogP) is 6.06. The van der Waals surface area contributed by atoms with E-state index in [0.717, 1.165) is 46.7 Å². The zero-order valence-electron chi connectivity index (χ0n) is 45.9. The molecule has 0 saturated heterocycles. The van der Waals surface area contributed by atoms with E-state index in [1.54, 1.807) is 24.8 Å². The molecule has 422 valence electrons. The molecule has 5 aromatic rings. The molecule has 0 bridgehead atoms. The summed E-state index contributed by atoms with van der Waals surface area (Å²) in [5.74, 6) is -2.89. The van der Waals surface area contributed by atoms with Crippen molar-refractivity contribution < 1.29 is 38.2 Å². The van der Waals surface area contributed by atoms with Gasteiger partial charge in [0.05, 0.1) is 55.4 Å². The van der Waals surface area contributed by atoms with Gasteiger partial charge in [-0.25, -0.2) is 0 Å². The number of unbranched alkanes of at least 4 members (excludes halogenated alkanes) is 4. The minimum atomic E-state index is -1.46. The molecule has 0 radical (unpaired) electrons. The normalized spacial score (nSPS) is 12.2. The highest BCUT2D eigenvalue weighted by molar-refractivity contribution is 5.96. The SMILES string of the molecule is C#CN[C@@H](CCCCN)C(=O)N[C@@H](CC(=O)OCCCC)C(=O)N[C@@H](CC(=O)OCCCC)C(=O)NCCCCOc1cc(CN(Cc2ccccn2)Cc2ccccn2)cc(CN(Cc2ccccn2)Cc2ccccn2)c1. The van der Waals surface area contributed by atoms with Crippen molar-refractivity contribution in [2.75, 3.05) is 32.9 Å². The summed E-state index contributed by atoms with van der Waals surface area (Å²) in [4.78, 5) is 90.5. The Morgan fingerprint density at radius 3 is 1.43 bits per heavy atom. The Bertz CT molecular complexity index is 2420. The number of aromatic nitrogens is 4. The Hall–Kier alpha value is -7.79. The van der Waals surface area contributed by atoms with Crippen molar-refractivity contribution in [1.29, 1.82) is 0 Å². The quantitative estimate of drug-likeness (QED) is 0.0131. The number of hydrogen-bond donors (Lipinski definition) is 5. The van der Waals surface area contributed by atoms with Crippen molar-refractivity contribution in [3.63, 3.8) is 0 Å². The third-order valence-electron chi connectivity index (χ3n) is 12.5. The maximum absolute atomic E-state index is 14.0. The lowest BCUT2D eigenvalue weighted by Crippen LogP contribution is -2.57. The van der Waals surface area contributed by atoms with Crippen LogP contribution in [0.1, 0.15) is 118 Å². The van der Waals surface area contributed by atoms with Crippen LogP contribution < -0.4 is 31.7 Å². The summed E-state index contributed by atoms with van der Waals surface area (Å²) in [6.45, 7) is 8.57. The Kier molecular flexibility index (Phi) is 28.5. The van der Waals surface area contributed by atoms with Crippen LogP contribution in [-0.4, -0.2) is 110 Å². The van der Waals surface area contributed by atoms with Crippen LogP contribution in [0.25, 0.3) is 0 Å². The standard InChI is InChI=1S/C60H79N11O8/c1-4-7-32-78-56(72)38-54(68-60(76)55(39-57(73)79-33-8-5-2)69-59(75)53(62-6-3)25-9-14-26-61)58(74)67-31-19-20-34-77-52-36-46(40-70(42-48-21-10-15-27-63-48)43-49-22-11-16-28-64-49)35-47(37-52)41-71(44-50-23-12-17-29-65-50)45-51-24-13-18-30-66-51/h3,10-13,15-18,21-24,27-30,35-37,53-55,62H,4-5,7-9,14,19-20,25-26,31-34,38-45,61H2,1-2H3,(H,67,74)(H,68,76)(H,69,75)/t53-,54-,55-/m0/s1. The number of ether oxygens (including phenoxy) is 3. The van der Waals surface area contributed by atoms with Crippen LogP contribution in [0.4, 0.5) is 0 Å². The minimum absolute atomic E-state index is 0.129. The van der Waals surface area contributed by atoms with E-state index < -0.39 is 60.6 Å². The van der Waals surface area contributed by atoms with E-state index in [4.69, 9.17) is 26.4 Å². The number of rotatable bonds is 38. The van der Waals surface area contributed by atoms with Gasteiger partial charge in [0.1, 0.15) is 23.9 Å². The van der Waals surface area contributed by atoms with Gasteiger partial charge in [0.2, 0.25) is 17.7 Å². The molecular formula is C60H79N11O8. The van der Waals surface area contributed by atoms with Crippen LogP contribution in [0.2, 0.25) is 0 Å². The fourth-order valence-electron chi connectivity index (χ4n) is 8.42. The Morgan fingerprint density at radius 1 is 0.557 bits per heavy atom. The minimum Gasteiger partial charge on any atom is -0.494 e. The second-order valence-corrected chi connectivity index (χ2v) is 19.2. The van der Waals surface area contributed by atoms with Gasteiger partial charge in [0.25, 0.3) is 0 Å². The number of nitrogens with two attached hydrogens (primary N) is 1. The van der Waals surface area contributed by atoms with Gasteiger partial charge in [-0.3, -0.25) is 53.7 Å². The molecule has 6 N–H and O–H groups in total. The Balaban J connectivity index is 1.30. The smallest absolute Gasteiger partial charge is 0.308 e. The zero-order valence-corrected chi connectivity index (χ0v) is 45.9. The number of pyridine rings is 4. The van der Waals surface area contributed by atoms with E-state index in [2.05, 4.69) is 75.2 Å². The number of terminal acetylenes is 1. The van der Waals surface area contributed by atoms with Crippen LogP contribution in [0.5, 0.6) is 5.75 Å². The molecule has 4 heterocycles. The van der Waals surface area contributed by atoms with Crippen molar-refractivity contribution in [2.45, 2.75) is 142 Å². The van der Waals surface area contributed by atoms with E-state index >= 15 is 0 Å². The first-order valence-corrected chi connectivity index (χ1v) is 27.5. The zero-order chi connectivity index (χ0) is 56.3. The van der Waals surface area contributed by atoms with Crippen LogP contribution in [-0.2, 0) is 72.7 Å². The van der Waals surface area contributed by atoms with Gasteiger partial charge in [0.15, 0.2) is 0 Å². The van der Waals surface area contributed by atoms with Crippen LogP contribution in [0.3, 0.4) is 0 Å². The van der Waals surface area contributed by atoms with Crippen molar-refractivity contribution in [3.8, 4) is 18.2 Å². The average molecular weight is 1080 g/mol. The van der Waals surface area contributed by atoms with E-state index in [1.165, 1.54) is 0 Å². The third kappa shape index (κ3) is 24.6. The lowest BCUT2D eigenvalue weighted by atomic mass is 10.1. The van der Waals surface area contributed by atoms with Gasteiger partial charge < -0.3 is 41.2 Å². The van der Waals surface area contributed by atoms with Gasteiger partial charge in [-0.15, -0.1) is 0 Å². The third-order valence-corrected chi connectivity index (χ3v) is 12.5. The molecule has 79 heavy (non-hydrogen) atoms. The monoisotopic (exact) mass is 1080 g/mol. The molecule has 5 rings (SSSR count). The van der Waals surface area contributed by atoms with E-state index in [0.29, 0.717) is 103 Å². The van der Waals surface area contributed by atoms with E-state index in [1.807, 2.05) is 86.6 Å². The largest absolute Gasteiger partial charge is 0.494 e. The van der Waals surface area contributed by atoms with Crippen molar-refractivity contribution in [2.24, 2.45) is 5.73 Å². The highest BCUT2D eigenvalue weighted by Crippen LogP contribution is 2.24. The van der Waals surface area contributed by atoms with Crippen molar-refractivity contribution in [3.05, 3.63) is 150 Å². The molecule has 1 aromatic carbocycles. The molecule has 4 aromatic heterocycles. The highest BCUT2D eigenvalue weighted by Gasteiger charge is 2.32.